The van der Waals surface area contributed by atoms with Crippen LogP contribution >= 0.6 is 27.7 Å². The van der Waals surface area contributed by atoms with Crippen LogP contribution < -0.4 is 0 Å². The van der Waals surface area contributed by atoms with Crippen LogP contribution in [0.15, 0.2) is 4.99 Å². The predicted molar refractivity (Wildman–Crippen MR) is 96.1 cm³/mol. The zero-order valence-electron chi connectivity index (χ0n) is 13.8. The number of amides is 1. The second-order valence-electron chi connectivity index (χ2n) is 6.99. The molecular formula is C15H26BrN3O2S. The van der Waals surface area contributed by atoms with Crippen molar-refractivity contribution >= 4 is 37.7 Å². The van der Waals surface area contributed by atoms with E-state index >= 15 is 0 Å². The maximum atomic E-state index is 12.2. The van der Waals surface area contributed by atoms with Gasteiger partial charge in [-0.05, 0) is 56.1 Å². The molecule has 0 aromatic heterocycles. The third kappa shape index (κ3) is 5.42. The molecule has 0 saturated carbocycles. The topological polar surface area (TPSA) is 45.1 Å². The van der Waals surface area contributed by atoms with Crippen molar-refractivity contribution in [2.24, 2.45) is 4.99 Å². The number of carbonyl (C=O) groups is 1. The second-order valence-corrected chi connectivity index (χ2v) is 9.28. The summed E-state index contributed by atoms with van der Waals surface area (Å²) in [5.74, 6) is 1.05. The summed E-state index contributed by atoms with van der Waals surface area (Å²) in [7, 11) is 1.85. The number of piperidine rings is 1. The van der Waals surface area contributed by atoms with Crippen molar-refractivity contribution in [3.63, 3.8) is 0 Å². The number of aliphatic imine (C=N–C) groups is 1. The van der Waals surface area contributed by atoms with Gasteiger partial charge in [-0.1, -0.05) is 11.8 Å². The van der Waals surface area contributed by atoms with E-state index in [0.29, 0.717) is 6.04 Å². The van der Waals surface area contributed by atoms with E-state index in [-0.39, 0.29) is 12.1 Å². The summed E-state index contributed by atoms with van der Waals surface area (Å²) < 4.78 is 6.48. The Balaban J connectivity index is 1.85. The van der Waals surface area contributed by atoms with E-state index in [0.717, 1.165) is 42.2 Å². The first kappa shape index (κ1) is 18.1. The summed E-state index contributed by atoms with van der Waals surface area (Å²) in [6.45, 7) is 8.68. The fourth-order valence-corrected chi connectivity index (χ4v) is 4.19. The minimum absolute atomic E-state index is 0.225. The first-order valence-electron chi connectivity index (χ1n) is 7.79. The lowest BCUT2D eigenvalue weighted by Crippen LogP contribution is -2.51. The van der Waals surface area contributed by atoms with Gasteiger partial charge in [0, 0.05) is 31.9 Å². The molecular weight excluding hydrogens is 366 g/mol. The normalized spacial score (nSPS) is 26.7. The van der Waals surface area contributed by atoms with Gasteiger partial charge in [0.05, 0.1) is 6.04 Å². The van der Waals surface area contributed by atoms with Crippen LogP contribution in [0, 0.1) is 0 Å². The highest BCUT2D eigenvalue weighted by Gasteiger charge is 2.30. The van der Waals surface area contributed by atoms with Gasteiger partial charge in [0.15, 0.2) is 0 Å². The van der Waals surface area contributed by atoms with Gasteiger partial charge in [-0.25, -0.2) is 4.79 Å². The smallest absolute Gasteiger partial charge is 0.410 e. The summed E-state index contributed by atoms with van der Waals surface area (Å²) in [5, 5.41) is 0. The van der Waals surface area contributed by atoms with E-state index in [1.54, 1.807) is 16.7 Å². The van der Waals surface area contributed by atoms with Gasteiger partial charge in [-0.3, -0.25) is 9.89 Å². The van der Waals surface area contributed by atoms with Crippen LogP contribution in [0.4, 0.5) is 4.79 Å². The van der Waals surface area contributed by atoms with Gasteiger partial charge in [0.2, 0.25) is 0 Å². The SMILES string of the molecule is CN(C(=O)OC(C)(C)C)C1CCCN(CC2CSC(Br)=N2)C1. The Morgan fingerprint density at radius 1 is 1.55 bits per heavy atom. The fraction of sp³-hybridized carbons (Fsp3) is 0.867. The highest BCUT2D eigenvalue weighted by molar-refractivity contribution is 9.22. The molecule has 2 atom stereocenters. The summed E-state index contributed by atoms with van der Waals surface area (Å²) in [5.41, 5.74) is -0.443. The van der Waals surface area contributed by atoms with E-state index in [2.05, 4.69) is 25.8 Å². The van der Waals surface area contributed by atoms with Crippen LogP contribution in [0.25, 0.3) is 0 Å². The summed E-state index contributed by atoms with van der Waals surface area (Å²) >= 11 is 5.22. The van der Waals surface area contributed by atoms with Gasteiger partial charge >= 0.3 is 6.09 Å². The van der Waals surface area contributed by atoms with Crippen LogP contribution in [0.5, 0.6) is 0 Å². The van der Waals surface area contributed by atoms with Crippen LogP contribution in [0.2, 0.25) is 0 Å². The van der Waals surface area contributed by atoms with Crippen molar-refractivity contribution in [1.82, 2.24) is 9.80 Å². The first-order chi connectivity index (χ1) is 10.2. The number of likely N-dealkylation sites (tertiary alicyclic amines) is 1. The van der Waals surface area contributed by atoms with E-state index in [1.807, 2.05) is 27.8 Å². The van der Waals surface area contributed by atoms with Gasteiger partial charge in [0.25, 0.3) is 0 Å². The third-order valence-corrected chi connectivity index (χ3v) is 5.64. The monoisotopic (exact) mass is 391 g/mol. The zero-order chi connectivity index (χ0) is 16.3. The Labute approximate surface area is 146 Å². The Kier molecular flexibility index (Phi) is 6.19. The molecule has 0 spiro atoms. The van der Waals surface area contributed by atoms with Gasteiger partial charge < -0.3 is 9.64 Å². The highest BCUT2D eigenvalue weighted by Crippen LogP contribution is 2.24. The van der Waals surface area contributed by atoms with Crippen molar-refractivity contribution in [2.75, 3.05) is 32.4 Å². The highest BCUT2D eigenvalue weighted by atomic mass is 79.9. The Hall–Kier alpha value is -0.270. The number of rotatable bonds is 3. The fourth-order valence-electron chi connectivity index (χ4n) is 2.77. The number of ether oxygens (including phenoxy) is 1. The van der Waals surface area contributed by atoms with E-state index < -0.39 is 5.60 Å². The average molecular weight is 392 g/mol. The molecule has 0 aromatic rings. The van der Waals surface area contributed by atoms with E-state index in [9.17, 15) is 4.79 Å². The number of halogens is 1. The van der Waals surface area contributed by atoms with Crippen LogP contribution in [-0.2, 0) is 4.74 Å². The minimum Gasteiger partial charge on any atom is -0.444 e. The number of nitrogens with zero attached hydrogens (tertiary/aromatic N) is 3. The quantitative estimate of drug-likeness (QED) is 0.740. The first-order valence-corrected chi connectivity index (χ1v) is 9.57. The van der Waals surface area contributed by atoms with Crippen molar-refractivity contribution in [3.05, 3.63) is 0 Å². The summed E-state index contributed by atoms with van der Waals surface area (Å²) in [6.07, 6.45) is 1.93. The Bertz CT molecular complexity index is 439. The van der Waals surface area contributed by atoms with Crippen molar-refractivity contribution in [1.29, 1.82) is 0 Å². The van der Waals surface area contributed by atoms with Gasteiger partial charge in [0.1, 0.15) is 9.55 Å². The predicted octanol–water partition coefficient (Wildman–Crippen LogP) is 3.18. The average Bonchev–Trinajstić information content (AvgIpc) is 2.81. The standard InChI is InChI=1S/C15H26BrN3O2S/c1-15(2,3)21-14(20)18(4)12-6-5-7-19(9-12)8-11-10-22-13(16)17-11/h11-12H,5-10H2,1-4H3. The molecule has 2 heterocycles. The molecule has 1 amide bonds. The van der Waals surface area contributed by atoms with Crippen LogP contribution in [0.3, 0.4) is 0 Å². The van der Waals surface area contributed by atoms with Crippen molar-refractivity contribution in [3.8, 4) is 0 Å². The molecule has 1 saturated heterocycles. The molecule has 2 aliphatic heterocycles. The molecule has 2 rings (SSSR count). The van der Waals surface area contributed by atoms with Crippen LogP contribution in [0.1, 0.15) is 33.6 Å². The maximum Gasteiger partial charge on any atom is 0.410 e. The lowest BCUT2D eigenvalue weighted by Gasteiger charge is -2.38. The maximum absolute atomic E-state index is 12.2. The zero-order valence-corrected chi connectivity index (χ0v) is 16.2. The number of likely N-dealkylation sites (N-methyl/N-ethyl adjacent to an activating group) is 1. The third-order valence-electron chi connectivity index (χ3n) is 3.86. The molecule has 7 heteroatoms. The summed E-state index contributed by atoms with van der Waals surface area (Å²) in [4.78, 5) is 21.0. The largest absolute Gasteiger partial charge is 0.444 e. The Morgan fingerprint density at radius 3 is 2.86 bits per heavy atom. The number of carbonyl (C=O) groups excluding carboxylic acids is 1. The van der Waals surface area contributed by atoms with Crippen molar-refractivity contribution < 1.29 is 9.53 Å². The number of hydrogen-bond acceptors (Lipinski definition) is 5. The second kappa shape index (κ2) is 7.53. The van der Waals surface area contributed by atoms with E-state index in [1.165, 1.54) is 0 Å². The van der Waals surface area contributed by atoms with Crippen LogP contribution in [-0.4, -0.2) is 70.0 Å². The molecule has 0 aromatic carbocycles. The molecule has 1 fully saturated rings. The Morgan fingerprint density at radius 2 is 2.27 bits per heavy atom. The number of thioether (sulfide) groups is 1. The van der Waals surface area contributed by atoms with Gasteiger partial charge in [-0.15, -0.1) is 0 Å². The molecule has 0 aliphatic carbocycles. The molecule has 126 valence electrons. The van der Waals surface area contributed by atoms with E-state index in [4.69, 9.17) is 4.74 Å². The molecule has 22 heavy (non-hydrogen) atoms. The minimum atomic E-state index is -0.443. The summed E-state index contributed by atoms with van der Waals surface area (Å²) in [6, 6.07) is 0.593. The lowest BCUT2D eigenvalue weighted by molar-refractivity contribution is 0.0133. The molecule has 0 N–H and O–H groups in total. The number of hydrogen-bond donors (Lipinski definition) is 0. The molecule has 5 nitrogen and oxygen atoms in total. The molecule has 2 aliphatic rings. The van der Waals surface area contributed by atoms with Crippen molar-refractivity contribution in [2.45, 2.75) is 51.3 Å². The molecule has 0 bridgehead atoms. The molecule has 2 unspecified atom stereocenters. The van der Waals surface area contributed by atoms with Gasteiger partial charge in [-0.2, -0.15) is 0 Å². The molecule has 0 radical (unpaired) electrons. The lowest BCUT2D eigenvalue weighted by atomic mass is 10.0.